The summed E-state index contributed by atoms with van der Waals surface area (Å²) in [5.74, 6) is 0.635. The Labute approximate surface area is 153 Å². The summed E-state index contributed by atoms with van der Waals surface area (Å²) in [6, 6.07) is 3.87. The van der Waals surface area contributed by atoms with Gasteiger partial charge in [-0.3, -0.25) is 14.5 Å². The second-order valence-electron chi connectivity index (χ2n) is 7.10. The van der Waals surface area contributed by atoms with Gasteiger partial charge in [0.2, 0.25) is 5.91 Å². The van der Waals surface area contributed by atoms with Gasteiger partial charge in [0.25, 0.3) is 5.91 Å². The van der Waals surface area contributed by atoms with Crippen molar-refractivity contribution in [2.45, 2.75) is 23.9 Å². The molecule has 6 nitrogen and oxygen atoms in total. The molecule has 2 atom stereocenters. The number of thioether (sulfide) groups is 1. The van der Waals surface area contributed by atoms with Crippen LogP contribution < -0.4 is 0 Å². The molecule has 0 spiro atoms. The van der Waals surface area contributed by atoms with Crippen molar-refractivity contribution in [2.75, 3.05) is 46.5 Å². The number of amides is 2. The van der Waals surface area contributed by atoms with Crippen molar-refractivity contribution in [2.24, 2.45) is 5.92 Å². The van der Waals surface area contributed by atoms with Crippen LogP contribution in [0.25, 0.3) is 0 Å². The second-order valence-corrected chi connectivity index (χ2v) is 7.89. The predicted molar refractivity (Wildman–Crippen MR) is 98.7 cm³/mol. The molecule has 1 aromatic heterocycles. The van der Waals surface area contributed by atoms with E-state index in [2.05, 4.69) is 9.88 Å². The van der Waals surface area contributed by atoms with Crippen LogP contribution in [0.5, 0.6) is 0 Å². The van der Waals surface area contributed by atoms with Crippen molar-refractivity contribution < 1.29 is 9.59 Å². The zero-order chi connectivity index (χ0) is 18.0. The number of likely N-dealkylation sites (N-methyl/N-ethyl adjacent to an activating group) is 1. The van der Waals surface area contributed by atoms with Gasteiger partial charge in [0.1, 0.15) is 5.03 Å². The number of rotatable bonds is 4. The van der Waals surface area contributed by atoms with Crippen LogP contribution in [0.15, 0.2) is 23.4 Å². The maximum absolute atomic E-state index is 13.1. The number of aromatic nitrogens is 1. The topological polar surface area (TPSA) is 56.8 Å². The fourth-order valence-corrected chi connectivity index (χ4v) is 4.30. The first kappa shape index (κ1) is 18.2. The Kier molecular flexibility index (Phi) is 5.64. The molecule has 4 rings (SSSR count). The quantitative estimate of drug-likeness (QED) is 0.759. The van der Waals surface area contributed by atoms with Gasteiger partial charge in [0.05, 0.1) is 12.1 Å². The van der Waals surface area contributed by atoms with Crippen molar-refractivity contribution >= 4 is 23.6 Å². The second kappa shape index (κ2) is 7.74. The maximum Gasteiger partial charge on any atom is 0.256 e. The minimum Gasteiger partial charge on any atom is -0.348 e. The molecule has 0 N–H and O–H groups in total. The molecule has 4 heterocycles. The first-order chi connectivity index (χ1) is 12.0. The summed E-state index contributed by atoms with van der Waals surface area (Å²) in [6.45, 7) is 2.88. The SMILES string of the molecule is CSc1ncccc1C(=O)N1C[C@@H]2CC[C@H]1CN(CC(=O)N(C)C)C2. The van der Waals surface area contributed by atoms with Crippen LogP contribution >= 0.6 is 11.8 Å². The van der Waals surface area contributed by atoms with E-state index < -0.39 is 0 Å². The van der Waals surface area contributed by atoms with E-state index >= 15 is 0 Å². The molecule has 2 amide bonds. The van der Waals surface area contributed by atoms with E-state index in [9.17, 15) is 9.59 Å². The smallest absolute Gasteiger partial charge is 0.256 e. The summed E-state index contributed by atoms with van der Waals surface area (Å²) in [5, 5.41) is 0.785. The number of carbonyl (C=O) groups is 2. The minimum absolute atomic E-state index is 0.0768. The normalized spacial score (nSPS) is 23.4. The highest BCUT2D eigenvalue weighted by Crippen LogP contribution is 2.30. The Bertz CT molecular complexity index is 652. The number of nitrogens with zero attached hydrogens (tertiary/aromatic N) is 4. The summed E-state index contributed by atoms with van der Waals surface area (Å²) in [4.78, 5) is 35.4. The number of piperidine rings is 1. The fourth-order valence-electron chi connectivity index (χ4n) is 3.76. The lowest BCUT2D eigenvalue weighted by molar-refractivity contribution is -0.129. The van der Waals surface area contributed by atoms with Gasteiger partial charge in [-0.25, -0.2) is 4.98 Å². The van der Waals surface area contributed by atoms with Crippen LogP contribution in [-0.4, -0.2) is 84.1 Å². The van der Waals surface area contributed by atoms with Gasteiger partial charge >= 0.3 is 0 Å². The van der Waals surface area contributed by atoms with Crippen LogP contribution in [-0.2, 0) is 4.79 Å². The third-order valence-electron chi connectivity index (χ3n) is 5.10. The summed E-state index contributed by atoms with van der Waals surface area (Å²) in [7, 11) is 3.58. The Morgan fingerprint density at radius 3 is 2.80 bits per heavy atom. The predicted octanol–water partition coefficient (Wildman–Crippen LogP) is 1.43. The molecule has 2 bridgehead atoms. The number of hydrogen-bond acceptors (Lipinski definition) is 5. The van der Waals surface area contributed by atoms with Gasteiger partial charge in [0, 0.05) is 46.0 Å². The average Bonchev–Trinajstić information content (AvgIpc) is 2.91. The molecule has 25 heavy (non-hydrogen) atoms. The van der Waals surface area contributed by atoms with Crippen molar-refractivity contribution in [3.8, 4) is 0 Å². The number of hydrogen-bond donors (Lipinski definition) is 0. The molecule has 7 heteroatoms. The van der Waals surface area contributed by atoms with Crippen LogP contribution in [0.3, 0.4) is 0 Å². The average molecular weight is 362 g/mol. The van der Waals surface area contributed by atoms with Crippen molar-refractivity contribution in [1.29, 1.82) is 0 Å². The standard InChI is InChI=1S/C18H26N4O2S/c1-20(2)16(23)12-21-9-13-6-7-14(11-21)22(10-13)18(24)15-5-4-8-19-17(15)25-3/h4-5,8,13-14H,6-7,9-12H2,1-3H3/t13-,14+/m1/s1. The van der Waals surface area contributed by atoms with Crippen LogP contribution in [0.2, 0.25) is 0 Å². The van der Waals surface area contributed by atoms with Gasteiger partial charge < -0.3 is 9.80 Å². The largest absolute Gasteiger partial charge is 0.348 e. The van der Waals surface area contributed by atoms with E-state index in [-0.39, 0.29) is 17.9 Å². The Balaban J connectivity index is 1.76. The third-order valence-corrected chi connectivity index (χ3v) is 5.81. The van der Waals surface area contributed by atoms with E-state index in [4.69, 9.17) is 0 Å². The molecule has 3 fully saturated rings. The molecule has 0 unspecified atom stereocenters. The summed E-state index contributed by atoms with van der Waals surface area (Å²) >= 11 is 1.51. The van der Waals surface area contributed by atoms with E-state index in [1.54, 1.807) is 25.2 Å². The number of pyridine rings is 1. The van der Waals surface area contributed by atoms with Gasteiger partial charge in [-0.1, -0.05) is 0 Å². The van der Waals surface area contributed by atoms with Crippen molar-refractivity contribution in [3.63, 3.8) is 0 Å². The lowest BCUT2D eigenvalue weighted by Gasteiger charge is -2.36. The molecule has 0 aromatic carbocycles. The molecule has 0 radical (unpaired) electrons. The molecular formula is C18H26N4O2S. The lowest BCUT2D eigenvalue weighted by Crippen LogP contribution is -2.48. The van der Waals surface area contributed by atoms with Crippen molar-refractivity contribution in [3.05, 3.63) is 23.9 Å². The molecule has 0 aliphatic carbocycles. The molecule has 3 saturated heterocycles. The monoisotopic (exact) mass is 362 g/mol. The van der Waals surface area contributed by atoms with E-state index in [1.165, 1.54) is 11.8 Å². The van der Waals surface area contributed by atoms with Crippen LogP contribution in [0.4, 0.5) is 0 Å². The van der Waals surface area contributed by atoms with Gasteiger partial charge in [-0.15, -0.1) is 11.8 Å². The van der Waals surface area contributed by atoms with Crippen LogP contribution in [0.1, 0.15) is 23.2 Å². The van der Waals surface area contributed by atoms with E-state index in [1.807, 2.05) is 23.3 Å². The van der Waals surface area contributed by atoms with Gasteiger partial charge in [0.15, 0.2) is 0 Å². The summed E-state index contributed by atoms with van der Waals surface area (Å²) in [6.07, 6.45) is 5.82. The molecule has 1 aromatic rings. The Morgan fingerprint density at radius 2 is 2.08 bits per heavy atom. The Hall–Kier alpha value is -1.60. The highest BCUT2D eigenvalue weighted by Gasteiger charge is 2.38. The lowest BCUT2D eigenvalue weighted by atomic mass is 9.94. The zero-order valence-corrected chi connectivity index (χ0v) is 16.0. The zero-order valence-electron chi connectivity index (χ0n) is 15.1. The highest BCUT2D eigenvalue weighted by atomic mass is 32.2. The molecule has 3 aliphatic rings. The molecule has 136 valence electrons. The van der Waals surface area contributed by atoms with E-state index in [0.717, 1.165) is 37.5 Å². The van der Waals surface area contributed by atoms with E-state index in [0.29, 0.717) is 18.0 Å². The van der Waals surface area contributed by atoms with Crippen molar-refractivity contribution in [1.82, 2.24) is 19.7 Å². The number of fused-ring (bicyclic) bond motifs is 4. The third kappa shape index (κ3) is 3.98. The molecule has 3 aliphatic heterocycles. The summed E-state index contributed by atoms with van der Waals surface area (Å²) < 4.78 is 0. The fraction of sp³-hybridized carbons (Fsp3) is 0.611. The number of carbonyl (C=O) groups excluding carboxylic acids is 2. The Morgan fingerprint density at radius 1 is 1.28 bits per heavy atom. The van der Waals surface area contributed by atoms with Gasteiger partial charge in [-0.05, 0) is 37.1 Å². The molecular weight excluding hydrogens is 336 g/mol. The highest BCUT2D eigenvalue weighted by molar-refractivity contribution is 7.98. The first-order valence-electron chi connectivity index (χ1n) is 8.72. The minimum atomic E-state index is 0.0768. The van der Waals surface area contributed by atoms with Crippen LogP contribution in [0, 0.1) is 5.92 Å². The summed E-state index contributed by atoms with van der Waals surface area (Å²) in [5.41, 5.74) is 0.693. The first-order valence-corrected chi connectivity index (χ1v) is 9.94. The maximum atomic E-state index is 13.1. The molecule has 0 saturated carbocycles. The van der Waals surface area contributed by atoms with Gasteiger partial charge in [-0.2, -0.15) is 0 Å².